The van der Waals surface area contributed by atoms with Crippen LogP contribution in [0.15, 0.2) is 64.0 Å². The summed E-state index contributed by atoms with van der Waals surface area (Å²) in [5.74, 6) is -1.43. The number of aliphatic hydroxyl groups excluding tert-OH is 1. The van der Waals surface area contributed by atoms with E-state index in [1.807, 2.05) is 42.5 Å². The molecule has 10 heteroatoms. The number of aliphatic carboxylic acids is 1. The molecule has 0 saturated carbocycles. The van der Waals surface area contributed by atoms with Crippen LogP contribution in [0.25, 0.3) is 0 Å². The number of aliphatic hydroxyl groups is 1. The van der Waals surface area contributed by atoms with Crippen LogP contribution < -0.4 is 5.32 Å². The summed E-state index contributed by atoms with van der Waals surface area (Å²) in [6.07, 6.45) is 0.160. The molecule has 2 amide bonds. The maximum atomic E-state index is 12.8. The van der Waals surface area contributed by atoms with Crippen LogP contribution in [-0.4, -0.2) is 50.1 Å². The quantitative estimate of drug-likeness (QED) is 0.341. The molecule has 2 aromatic rings. The lowest BCUT2D eigenvalue weighted by atomic mass is 10.0. The van der Waals surface area contributed by atoms with Crippen LogP contribution in [0.3, 0.4) is 0 Å². The van der Waals surface area contributed by atoms with Gasteiger partial charge in [-0.15, -0.1) is 11.8 Å². The first-order valence-corrected chi connectivity index (χ1v) is 12.6. The predicted octanol–water partition coefficient (Wildman–Crippen LogP) is 2.81. The van der Waals surface area contributed by atoms with E-state index in [1.54, 1.807) is 6.07 Å². The van der Waals surface area contributed by atoms with E-state index in [0.717, 1.165) is 19.6 Å². The van der Waals surface area contributed by atoms with Gasteiger partial charge in [-0.25, -0.2) is 4.79 Å². The molecule has 1 saturated heterocycles. The van der Waals surface area contributed by atoms with Crippen LogP contribution in [0.5, 0.6) is 0 Å². The average molecular weight is 582 g/mol. The molecule has 2 aromatic carbocycles. The molecule has 0 radical (unpaired) electrons. The molecular formula is C22H19IN2O5S2. The Morgan fingerprint density at radius 3 is 2.59 bits per heavy atom. The van der Waals surface area contributed by atoms with E-state index in [4.69, 9.17) is 0 Å². The second kappa shape index (κ2) is 9.86. The fraction of sp³-hybridized carbons (Fsp3) is 0.227. The largest absolute Gasteiger partial charge is 0.477 e. The van der Waals surface area contributed by atoms with Crippen molar-refractivity contribution in [3.05, 3.63) is 73.8 Å². The van der Waals surface area contributed by atoms with Crippen molar-refractivity contribution in [3.63, 3.8) is 0 Å². The summed E-state index contributed by atoms with van der Waals surface area (Å²) in [5, 5.41) is 21.5. The minimum absolute atomic E-state index is 0.0284. The third kappa shape index (κ3) is 4.68. The van der Waals surface area contributed by atoms with Gasteiger partial charge >= 0.3 is 5.97 Å². The van der Waals surface area contributed by atoms with Gasteiger partial charge in [-0.1, -0.05) is 48.2 Å². The Kier molecular flexibility index (Phi) is 7.13. The molecule has 166 valence electrons. The molecule has 0 aliphatic carbocycles. The maximum absolute atomic E-state index is 12.8. The average Bonchev–Trinajstić information content (AvgIpc) is 2.78. The first-order chi connectivity index (χ1) is 15.4. The van der Waals surface area contributed by atoms with Crippen LogP contribution in [-0.2, 0) is 27.4 Å². The molecular weight excluding hydrogens is 563 g/mol. The molecule has 0 aromatic heterocycles. The number of amides is 2. The van der Waals surface area contributed by atoms with Crippen LogP contribution in [0.4, 0.5) is 0 Å². The van der Waals surface area contributed by atoms with Gasteiger partial charge in [0.1, 0.15) is 17.1 Å². The van der Waals surface area contributed by atoms with E-state index in [2.05, 4.69) is 27.9 Å². The highest BCUT2D eigenvalue weighted by molar-refractivity contribution is 14.1. The summed E-state index contributed by atoms with van der Waals surface area (Å²) >= 11 is 4.90. The Bertz CT molecular complexity index is 1110. The summed E-state index contributed by atoms with van der Waals surface area (Å²) in [7, 11) is 0. The van der Waals surface area contributed by atoms with Crippen molar-refractivity contribution in [2.24, 2.45) is 0 Å². The summed E-state index contributed by atoms with van der Waals surface area (Å²) in [4.78, 5) is 40.0. The van der Waals surface area contributed by atoms with Gasteiger partial charge in [0.15, 0.2) is 0 Å². The lowest BCUT2D eigenvalue weighted by molar-refractivity contribution is -0.150. The number of carbonyl (C=O) groups is 3. The molecule has 0 unspecified atom stereocenters. The molecule has 0 spiro atoms. The van der Waals surface area contributed by atoms with E-state index < -0.39 is 23.3 Å². The molecule has 2 atom stereocenters. The molecule has 2 aliphatic heterocycles. The normalized spacial score (nSPS) is 19.9. The number of carboxylic acid groups (broad SMARTS) is 1. The van der Waals surface area contributed by atoms with Crippen molar-refractivity contribution in [3.8, 4) is 0 Å². The summed E-state index contributed by atoms with van der Waals surface area (Å²) in [6.45, 7) is -0.0682. The molecule has 3 N–H and O–H groups in total. The Balaban J connectivity index is 1.49. The smallest absolute Gasteiger partial charge is 0.353 e. The van der Waals surface area contributed by atoms with Gasteiger partial charge in [0, 0.05) is 19.1 Å². The molecule has 2 aliphatic rings. The Labute approximate surface area is 206 Å². The van der Waals surface area contributed by atoms with Crippen molar-refractivity contribution in [2.75, 3.05) is 5.75 Å². The van der Waals surface area contributed by atoms with Crippen molar-refractivity contribution in [2.45, 2.75) is 29.3 Å². The van der Waals surface area contributed by atoms with E-state index >= 15 is 0 Å². The van der Waals surface area contributed by atoms with Gasteiger partial charge < -0.3 is 15.5 Å². The predicted molar refractivity (Wildman–Crippen MR) is 131 cm³/mol. The molecule has 1 fully saturated rings. The van der Waals surface area contributed by atoms with Crippen molar-refractivity contribution >= 4 is 63.9 Å². The maximum Gasteiger partial charge on any atom is 0.353 e. The van der Waals surface area contributed by atoms with Gasteiger partial charge in [-0.2, -0.15) is 0 Å². The number of hydrogen-bond donors (Lipinski definition) is 3. The number of fused-ring (bicyclic) bond motifs is 1. The van der Waals surface area contributed by atoms with Gasteiger partial charge in [-0.3, -0.25) is 14.5 Å². The fourth-order valence-corrected chi connectivity index (χ4v) is 6.92. The highest BCUT2D eigenvalue weighted by atomic mass is 127. The zero-order valence-electron chi connectivity index (χ0n) is 16.7. The van der Waals surface area contributed by atoms with Gasteiger partial charge in [0.2, 0.25) is 5.91 Å². The number of hydrogen-bond acceptors (Lipinski definition) is 6. The van der Waals surface area contributed by atoms with Crippen LogP contribution in [0.2, 0.25) is 0 Å². The third-order valence-electron chi connectivity index (χ3n) is 5.07. The van der Waals surface area contributed by atoms with Crippen molar-refractivity contribution < 1.29 is 24.6 Å². The molecule has 32 heavy (non-hydrogen) atoms. The highest BCUT2D eigenvalue weighted by Gasteiger charge is 2.54. The molecule has 0 bridgehead atoms. The minimum Gasteiger partial charge on any atom is -0.477 e. The number of benzene rings is 2. The number of nitrogens with zero attached hydrogens (tertiary/aromatic N) is 1. The number of carbonyl (C=O) groups excluding carboxylic acids is 2. The third-order valence-corrected chi connectivity index (χ3v) is 8.95. The van der Waals surface area contributed by atoms with Gasteiger partial charge in [0.05, 0.1) is 13.0 Å². The summed E-state index contributed by atoms with van der Waals surface area (Å²) < 4.78 is 0.893. The van der Waals surface area contributed by atoms with Gasteiger partial charge in [0.25, 0.3) is 5.91 Å². The first kappa shape index (κ1) is 23.1. The Morgan fingerprint density at radius 2 is 1.94 bits per heavy atom. The SMILES string of the molecule is O=C(Cc1ccccc1)N[C@@H]1C(=O)N2C(C(=O)O)=C(Sc3ccc(CO)cc3I)CS[C@H]12. The Hall–Kier alpha value is -2.02. The van der Waals surface area contributed by atoms with E-state index in [9.17, 15) is 24.6 Å². The standard InChI is InChI=1S/C22H19IN2O5S2/c23-14-8-13(10-26)6-7-15(14)32-16-11-31-21-18(20(28)25(21)19(16)22(29)30)24-17(27)9-12-4-2-1-3-5-12/h1-8,18,21,26H,9-11H2,(H,24,27)(H,29,30)/t18-,21-/m1/s1. The summed E-state index contributed by atoms with van der Waals surface area (Å²) in [5.41, 5.74) is 1.59. The lowest BCUT2D eigenvalue weighted by Gasteiger charge is -2.49. The minimum atomic E-state index is -1.16. The second-order valence-corrected chi connectivity index (χ2v) is 10.6. The number of nitrogens with one attached hydrogen (secondary N) is 1. The zero-order chi connectivity index (χ0) is 22.8. The lowest BCUT2D eigenvalue weighted by Crippen LogP contribution is -2.70. The Morgan fingerprint density at radius 1 is 1.19 bits per heavy atom. The van der Waals surface area contributed by atoms with E-state index in [-0.39, 0.29) is 24.6 Å². The number of β-lactam (4-membered cyclic amide) rings is 1. The molecule has 7 nitrogen and oxygen atoms in total. The van der Waals surface area contributed by atoms with Crippen LogP contribution in [0, 0.1) is 3.57 Å². The molecule has 2 heterocycles. The van der Waals surface area contributed by atoms with Crippen molar-refractivity contribution in [1.29, 1.82) is 0 Å². The first-order valence-electron chi connectivity index (χ1n) is 9.70. The highest BCUT2D eigenvalue weighted by Crippen LogP contribution is 2.45. The monoisotopic (exact) mass is 582 g/mol. The van der Waals surface area contributed by atoms with Crippen LogP contribution in [0.1, 0.15) is 11.1 Å². The van der Waals surface area contributed by atoms with E-state index in [1.165, 1.54) is 28.4 Å². The van der Waals surface area contributed by atoms with E-state index in [0.29, 0.717) is 10.7 Å². The van der Waals surface area contributed by atoms with Crippen LogP contribution >= 0.6 is 46.1 Å². The zero-order valence-corrected chi connectivity index (χ0v) is 20.4. The topological polar surface area (TPSA) is 107 Å². The van der Waals surface area contributed by atoms with Crippen molar-refractivity contribution in [1.82, 2.24) is 10.2 Å². The number of halogens is 1. The number of carboxylic acids is 1. The summed E-state index contributed by atoms with van der Waals surface area (Å²) in [6, 6.07) is 14.0. The number of rotatable bonds is 7. The number of thioether (sulfide) groups is 2. The van der Waals surface area contributed by atoms with Gasteiger partial charge in [-0.05, 0) is 45.9 Å². The fourth-order valence-electron chi connectivity index (χ4n) is 3.53. The second-order valence-electron chi connectivity index (χ2n) is 7.22. The molecule has 4 rings (SSSR count).